The third-order valence-corrected chi connectivity index (χ3v) is 4.60. The number of nitrogens with zero attached hydrogens (tertiary/aromatic N) is 3. The molecule has 0 radical (unpaired) electrons. The minimum Gasteiger partial charge on any atom is -0.329 e. The molecule has 0 spiro atoms. The predicted octanol–water partition coefficient (Wildman–Crippen LogP) is 3.70. The summed E-state index contributed by atoms with van der Waals surface area (Å²) < 4.78 is 0. The normalized spacial score (nSPS) is 10.4. The van der Waals surface area contributed by atoms with Crippen molar-refractivity contribution in [1.82, 2.24) is 14.9 Å². The molecule has 27 heavy (non-hydrogen) atoms. The molecule has 0 saturated carbocycles. The molecule has 1 aromatic carbocycles. The second-order valence-electron chi connectivity index (χ2n) is 5.92. The number of pyridine rings is 1. The molecular formula is C20H20N4O2S. The van der Waals surface area contributed by atoms with Crippen molar-refractivity contribution in [2.75, 3.05) is 18.4 Å². The number of aromatic nitrogens is 2. The fourth-order valence-corrected chi connectivity index (χ4v) is 3.33. The zero-order valence-corrected chi connectivity index (χ0v) is 15.8. The summed E-state index contributed by atoms with van der Waals surface area (Å²) in [5.41, 5.74) is 2.28. The van der Waals surface area contributed by atoms with Gasteiger partial charge in [-0.1, -0.05) is 37.3 Å². The molecule has 1 N–H and O–H groups in total. The largest absolute Gasteiger partial charge is 0.329 e. The average Bonchev–Trinajstić information content (AvgIpc) is 3.17. The number of thiazole rings is 1. The highest BCUT2D eigenvalue weighted by molar-refractivity contribution is 7.14. The van der Waals surface area contributed by atoms with E-state index in [0.717, 1.165) is 17.7 Å². The first kappa shape index (κ1) is 18.7. The molecule has 0 atom stereocenters. The Morgan fingerprint density at radius 3 is 2.67 bits per heavy atom. The van der Waals surface area contributed by atoms with Crippen LogP contribution in [-0.4, -0.2) is 39.8 Å². The van der Waals surface area contributed by atoms with E-state index in [1.165, 1.54) is 22.4 Å². The molecule has 0 unspecified atom stereocenters. The minimum atomic E-state index is -0.269. The van der Waals surface area contributed by atoms with Crippen LogP contribution in [0.15, 0.2) is 60.2 Å². The van der Waals surface area contributed by atoms with Gasteiger partial charge in [0, 0.05) is 29.9 Å². The van der Waals surface area contributed by atoms with E-state index in [9.17, 15) is 9.59 Å². The number of carbonyl (C=O) groups is 2. The van der Waals surface area contributed by atoms with E-state index in [0.29, 0.717) is 17.2 Å². The number of hydrogen-bond donors (Lipinski definition) is 1. The van der Waals surface area contributed by atoms with Gasteiger partial charge in [-0.2, -0.15) is 0 Å². The SMILES string of the molecule is CCCN(CC(=O)Nc1nc(-c2ccccc2)cs1)C(=O)c1cccnc1. The van der Waals surface area contributed by atoms with Crippen molar-refractivity contribution in [3.8, 4) is 11.3 Å². The van der Waals surface area contributed by atoms with Crippen LogP contribution in [0.25, 0.3) is 11.3 Å². The molecule has 0 aliphatic carbocycles. The van der Waals surface area contributed by atoms with Crippen molar-refractivity contribution in [2.24, 2.45) is 0 Å². The molecule has 0 bridgehead atoms. The molecule has 3 rings (SSSR count). The molecule has 0 aliphatic rings. The first-order valence-corrected chi connectivity index (χ1v) is 9.55. The quantitative estimate of drug-likeness (QED) is 0.678. The lowest BCUT2D eigenvalue weighted by atomic mass is 10.2. The molecule has 0 fully saturated rings. The summed E-state index contributed by atoms with van der Waals surface area (Å²) in [5, 5.41) is 5.20. The molecule has 0 saturated heterocycles. The summed E-state index contributed by atoms with van der Waals surface area (Å²) >= 11 is 1.36. The molecule has 2 aromatic heterocycles. The maximum atomic E-state index is 12.6. The van der Waals surface area contributed by atoms with Crippen LogP contribution >= 0.6 is 11.3 Å². The number of anilines is 1. The first-order valence-electron chi connectivity index (χ1n) is 8.67. The summed E-state index contributed by atoms with van der Waals surface area (Å²) in [6.07, 6.45) is 3.88. The Kier molecular flexibility index (Phi) is 6.27. The Labute approximate surface area is 161 Å². The van der Waals surface area contributed by atoms with E-state index in [4.69, 9.17) is 0 Å². The molecule has 6 nitrogen and oxygen atoms in total. The highest BCUT2D eigenvalue weighted by Crippen LogP contribution is 2.24. The number of nitrogens with one attached hydrogen (secondary N) is 1. The third kappa shape index (κ3) is 4.98. The van der Waals surface area contributed by atoms with Gasteiger partial charge in [0.05, 0.1) is 11.3 Å². The van der Waals surface area contributed by atoms with E-state index in [1.807, 2.05) is 42.6 Å². The van der Waals surface area contributed by atoms with Crippen LogP contribution in [0.5, 0.6) is 0 Å². The van der Waals surface area contributed by atoms with Crippen molar-refractivity contribution in [1.29, 1.82) is 0 Å². The Bertz CT molecular complexity index is 897. The second-order valence-corrected chi connectivity index (χ2v) is 6.78. The zero-order valence-electron chi connectivity index (χ0n) is 15.0. The Morgan fingerprint density at radius 2 is 1.96 bits per heavy atom. The van der Waals surface area contributed by atoms with E-state index in [1.54, 1.807) is 18.3 Å². The Hall–Kier alpha value is -3.06. The van der Waals surface area contributed by atoms with Gasteiger partial charge < -0.3 is 10.2 Å². The van der Waals surface area contributed by atoms with Gasteiger partial charge in [0.2, 0.25) is 5.91 Å². The number of rotatable bonds is 7. The van der Waals surface area contributed by atoms with Crippen molar-refractivity contribution in [3.63, 3.8) is 0 Å². The second kappa shape index (κ2) is 9.05. The molecule has 3 aromatic rings. The highest BCUT2D eigenvalue weighted by Gasteiger charge is 2.19. The van der Waals surface area contributed by atoms with Gasteiger partial charge in [0.25, 0.3) is 5.91 Å². The monoisotopic (exact) mass is 380 g/mol. The summed E-state index contributed by atoms with van der Waals surface area (Å²) in [5.74, 6) is -0.473. The molecule has 0 aliphatic heterocycles. The summed E-state index contributed by atoms with van der Waals surface area (Å²) in [4.78, 5) is 35.0. The van der Waals surface area contributed by atoms with Crippen LogP contribution in [0.4, 0.5) is 5.13 Å². The van der Waals surface area contributed by atoms with Gasteiger partial charge in [-0.05, 0) is 18.6 Å². The smallest absolute Gasteiger partial charge is 0.255 e. The lowest BCUT2D eigenvalue weighted by Crippen LogP contribution is -2.38. The van der Waals surface area contributed by atoms with Crippen LogP contribution in [-0.2, 0) is 4.79 Å². The maximum Gasteiger partial charge on any atom is 0.255 e. The third-order valence-electron chi connectivity index (χ3n) is 3.84. The zero-order chi connectivity index (χ0) is 19.1. The van der Waals surface area contributed by atoms with Crippen molar-refractivity contribution in [3.05, 3.63) is 65.8 Å². The van der Waals surface area contributed by atoms with Crippen molar-refractivity contribution < 1.29 is 9.59 Å². The van der Waals surface area contributed by atoms with E-state index >= 15 is 0 Å². The first-order chi connectivity index (χ1) is 13.2. The van der Waals surface area contributed by atoms with Crippen LogP contribution in [0, 0.1) is 0 Å². The minimum absolute atomic E-state index is 0.0260. The van der Waals surface area contributed by atoms with Gasteiger partial charge in [-0.15, -0.1) is 11.3 Å². The van der Waals surface area contributed by atoms with Gasteiger partial charge in [0.1, 0.15) is 6.54 Å². The highest BCUT2D eigenvalue weighted by atomic mass is 32.1. The fourth-order valence-electron chi connectivity index (χ4n) is 2.60. The van der Waals surface area contributed by atoms with E-state index < -0.39 is 0 Å². The lowest BCUT2D eigenvalue weighted by Gasteiger charge is -2.21. The standard InChI is InChI=1S/C20H20N4O2S/c1-2-11-24(19(26)16-9-6-10-21-12-16)13-18(25)23-20-22-17(14-27-20)15-7-4-3-5-8-15/h3-10,12,14H,2,11,13H2,1H3,(H,22,23,25). The van der Waals surface area contributed by atoms with Crippen molar-refractivity contribution >= 4 is 28.3 Å². The number of hydrogen-bond acceptors (Lipinski definition) is 5. The molecule has 7 heteroatoms. The Balaban J connectivity index is 1.65. The molecule has 138 valence electrons. The van der Waals surface area contributed by atoms with Crippen molar-refractivity contribution in [2.45, 2.75) is 13.3 Å². The van der Waals surface area contributed by atoms with Crippen LogP contribution in [0.3, 0.4) is 0 Å². The van der Waals surface area contributed by atoms with Crippen LogP contribution < -0.4 is 5.32 Å². The van der Waals surface area contributed by atoms with Gasteiger partial charge in [-0.25, -0.2) is 4.98 Å². The van der Waals surface area contributed by atoms with E-state index in [2.05, 4.69) is 15.3 Å². The van der Waals surface area contributed by atoms with Gasteiger partial charge in [0.15, 0.2) is 5.13 Å². The summed E-state index contributed by atoms with van der Waals surface area (Å²) in [6, 6.07) is 13.2. The molecular weight excluding hydrogens is 360 g/mol. The van der Waals surface area contributed by atoms with Crippen LogP contribution in [0.1, 0.15) is 23.7 Å². The topological polar surface area (TPSA) is 75.2 Å². The summed E-state index contributed by atoms with van der Waals surface area (Å²) in [7, 11) is 0. The number of benzene rings is 1. The number of amides is 2. The lowest BCUT2D eigenvalue weighted by molar-refractivity contribution is -0.116. The van der Waals surface area contributed by atoms with Gasteiger partial charge in [-0.3, -0.25) is 14.6 Å². The number of carbonyl (C=O) groups excluding carboxylic acids is 2. The average molecular weight is 380 g/mol. The Morgan fingerprint density at radius 1 is 1.15 bits per heavy atom. The predicted molar refractivity (Wildman–Crippen MR) is 107 cm³/mol. The molecule has 2 amide bonds. The maximum absolute atomic E-state index is 12.6. The van der Waals surface area contributed by atoms with Gasteiger partial charge >= 0.3 is 0 Å². The van der Waals surface area contributed by atoms with Crippen LogP contribution in [0.2, 0.25) is 0 Å². The fraction of sp³-hybridized carbons (Fsp3) is 0.200. The molecule has 2 heterocycles. The van der Waals surface area contributed by atoms with E-state index in [-0.39, 0.29) is 18.4 Å². The summed E-state index contributed by atoms with van der Waals surface area (Å²) in [6.45, 7) is 2.44.